The molecule has 0 bridgehead atoms. The monoisotopic (exact) mass is 200 g/mol. The van der Waals surface area contributed by atoms with Gasteiger partial charge in [0.2, 0.25) is 0 Å². The summed E-state index contributed by atoms with van der Waals surface area (Å²) >= 11 is 0. The van der Waals surface area contributed by atoms with Gasteiger partial charge in [-0.2, -0.15) is 5.16 Å². The van der Waals surface area contributed by atoms with Gasteiger partial charge >= 0.3 is 5.63 Å². The first kappa shape index (κ1) is 8.23. The van der Waals surface area contributed by atoms with Crippen LogP contribution in [0.1, 0.15) is 5.56 Å². The lowest BCUT2D eigenvalue weighted by atomic mass is 10.1. The fraction of sp³-hybridized carbons (Fsp3) is 0.0909. The van der Waals surface area contributed by atoms with E-state index in [4.69, 9.17) is 0 Å². The van der Waals surface area contributed by atoms with E-state index < -0.39 is 0 Å². The van der Waals surface area contributed by atoms with Crippen LogP contribution >= 0.6 is 0 Å². The topological polar surface area (TPSA) is 58.9 Å². The maximum Gasteiger partial charge on any atom is 0.366 e. The second kappa shape index (κ2) is 2.70. The summed E-state index contributed by atoms with van der Waals surface area (Å²) in [6.07, 6.45) is 0. The third kappa shape index (κ3) is 1.08. The molecule has 1 aromatic carbocycles. The number of pyridine rings is 1. The van der Waals surface area contributed by atoms with Crippen molar-refractivity contribution >= 4 is 21.9 Å². The average Bonchev–Trinajstić information content (AvgIpc) is 2.59. The normalized spacial score (nSPS) is 11.3. The van der Waals surface area contributed by atoms with Gasteiger partial charge in [0, 0.05) is 5.39 Å². The summed E-state index contributed by atoms with van der Waals surface area (Å²) in [5, 5.41) is 3.96. The van der Waals surface area contributed by atoms with Crippen molar-refractivity contribution in [3.63, 3.8) is 0 Å². The van der Waals surface area contributed by atoms with E-state index in [1.54, 1.807) is 6.07 Å². The standard InChI is InChI=1S/C11H8N2O2/c1-6-3-2-4-7-5-8-10(12-9(6)7)13-15-11(8)14/h2-5H,1H3,(H,12,13). The van der Waals surface area contributed by atoms with E-state index in [0.717, 1.165) is 16.5 Å². The highest BCUT2D eigenvalue weighted by atomic mass is 16.5. The summed E-state index contributed by atoms with van der Waals surface area (Å²) < 4.78 is 4.68. The van der Waals surface area contributed by atoms with Gasteiger partial charge in [-0.1, -0.05) is 18.2 Å². The molecule has 0 saturated heterocycles. The van der Waals surface area contributed by atoms with Crippen molar-refractivity contribution < 1.29 is 4.52 Å². The number of benzene rings is 1. The molecule has 74 valence electrons. The number of hydrogen-bond donors (Lipinski definition) is 1. The zero-order chi connectivity index (χ0) is 10.4. The number of nitrogens with one attached hydrogen (secondary N) is 1. The summed E-state index contributed by atoms with van der Waals surface area (Å²) in [6, 6.07) is 7.66. The van der Waals surface area contributed by atoms with Gasteiger partial charge in [-0.3, -0.25) is 0 Å². The Labute approximate surface area is 84.5 Å². The van der Waals surface area contributed by atoms with Crippen molar-refractivity contribution in [2.75, 3.05) is 0 Å². The van der Waals surface area contributed by atoms with Crippen molar-refractivity contribution in [3.05, 3.63) is 40.2 Å². The Morgan fingerprint density at radius 3 is 3.13 bits per heavy atom. The lowest BCUT2D eigenvalue weighted by Gasteiger charge is -1.99. The van der Waals surface area contributed by atoms with Crippen molar-refractivity contribution in [1.82, 2.24) is 10.1 Å². The molecule has 0 aliphatic heterocycles. The number of fused-ring (bicyclic) bond motifs is 2. The van der Waals surface area contributed by atoms with Crippen molar-refractivity contribution in [3.8, 4) is 0 Å². The van der Waals surface area contributed by atoms with Gasteiger partial charge in [0.1, 0.15) is 5.39 Å². The lowest BCUT2D eigenvalue weighted by Crippen LogP contribution is -1.92. The maximum absolute atomic E-state index is 11.3. The highest BCUT2D eigenvalue weighted by Gasteiger charge is 2.07. The quantitative estimate of drug-likeness (QED) is 0.603. The maximum atomic E-state index is 11.3. The van der Waals surface area contributed by atoms with E-state index in [9.17, 15) is 4.79 Å². The molecule has 0 saturated carbocycles. The summed E-state index contributed by atoms with van der Waals surface area (Å²) in [5.41, 5.74) is 2.10. The van der Waals surface area contributed by atoms with Crippen LogP contribution in [0.3, 0.4) is 0 Å². The molecule has 3 aromatic rings. The van der Waals surface area contributed by atoms with Gasteiger partial charge in [-0.05, 0) is 18.6 Å². The first-order valence-electron chi connectivity index (χ1n) is 4.63. The van der Waals surface area contributed by atoms with E-state index in [2.05, 4.69) is 14.7 Å². The number of rotatable bonds is 0. The predicted molar refractivity (Wildman–Crippen MR) is 56.9 cm³/mol. The van der Waals surface area contributed by atoms with Crippen LogP contribution in [0.25, 0.3) is 21.9 Å². The first-order chi connectivity index (χ1) is 7.25. The zero-order valence-electron chi connectivity index (χ0n) is 8.07. The number of para-hydroxylation sites is 1. The molecule has 0 spiro atoms. The fourth-order valence-electron chi connectivity index (χ4n) is 1.73. The number of aromatic amines is 1. The van der Waals surface area contributed by atoms with Gasteiger partial charge in [0.05, 0.1) is 5.52 Å². The third-order valence-corrected chi connectivity index (χ3v) is 2.51. The molecule has 0 radical (unpaired) electrons. The molecule has 15 heavy (non-hydrogen) atoms. The van der Waals surface area contributed by atoms with E-state index in [-0.39, 0.29) is 5.63 Å². The van der Waals surface area contributed by atoms with Crippen LogP contribution in [0.4, 0.5) is 0 Å². The highest BCUT2D eigenvalue weighted by molar-refractivity contribution is 5.91. The number of hydrogen-bond acceptors (Lipinski definition) is 3. The van der Waals surface area contributed by atoms with E-state index >= 15 is 0 Å². The Bertz CT molecular complexity index is 709. The summed E-state index contributed by atoms with van der Waals surface area (Å²) in [7, 11) is 0. The van der Waals surface area contributed by atoms with Crippen LogP contribution in [0.15, 0.2) is 33.6 Å². The second-order valence-corrected chi connectivity index (χ2v) is 3.52. The largest absolute Gasteiger partial charge is 0.366 e. The smallest absolute Gasteiger partial charge is 0.336 e. The lowest BCUT2D eigenvalue weighted by molar-refractivity contribution is 0.398. The van der Waals surface area contributed by atoms with Crippen LogP contribution in [0, 0.1) is 6.92 Å². The minimum atomic E-state index is -0.374. The Morgan fingerprint density at radius 1 is 1.40 bits per heavy atom. The Kier molecular flexibility index (Phi) is 1.48. The molecular formula is C11H8N2O2. The fourth-order valence-corrected chi connectivity index (χ4v) is 1.73. The van der Waals surface area contributed by atoms with Crippen LogP contribution in [0.2, 0.25) is 0 Å². The summed E-state index contributed by atoms with van der Waals surface area (Å²) in [6.45, 7) is 1.99. The molecule has 4 heteroatoms. The van der Waals surface area contributed by atoms with Gasteiger partial charge in [-0.15, -0.1) is 0 Å². The van der Waals surface area contributed by atoms with Gasteiger partial charge < -0.3 is 4.52 Å². The molecule has 0 atom stereocenters. The zero-order valence-corrected chi connectivity index (χ0v) is 8.07. The molecular weight excluding hydrogens is 192 g/mol. The SMILES string of the molecule is Cc1cccc2cc3c(=O)o[nH]c3nc12. The number of H-pyrrole nitrogens is 1. The van der Waals surface area contributed by atoms with Crippen molar-refractivity contribution in [2.45, 2.75) is 6.92 Å². The van der Waals surface area contributed by atoms with Gasteiger partial charge in [0.25, 0.3) is 0 Å². The van der Waals surface area contributed by atoms with Crippen LogP contribution in [-0.2, 0) is 0 Å². The molecule has 2 aromatic heterocycles. The predicted octanol–water partition coefficient (Wildman–Crippen LogP) is 1.98. The average molecular weight is 200 g/mol. The van der Waals surface area contributed by atoms with Crippen LogP contribution in [-0.4, -0.2) is 10.1 Å². The molecule has 0 aliphatic rings. The molecule has 0 fully saturated rings. The summed E-state index contributed by atoms with van der Waals surface area (Å²) in [5.74, 6) is 0. The molecule has 4 nitrogen and oxygen atoms in total. The number of aryl methyl sites for hydroxylation is 1. The van der Waals surface area contributed by atoms with Crippen LogP contribution < -0.4 is 5.63 Å². The first-order valence-corrected chi connectivity index (χ1v) is 4.63. The van der Waals surface area contributed by atoms with Crippen molar-refractivity contribution in [1.29, 1.82) is 0 Å². The van der Waals surface area contributed by atoms with Crippen molar-refractivity contribution in [2.24, 2.45) is 0 Å². The van der Waals surface area contributed by atoms with Gasteiger partial charge in [-0.25, -0.2) is 9.78 Å². The van der Waals surface area contributed by atoms with Gasteiger partial charge in [0.15, 0.2) is 5.65 Å². The highest BCUT2D eigenvalue weighted by Crippen LogP contribution is 2.18. The minimum Gasteiger partial charge on any atom is -0.336 e. The van der Waals surface area contributed by atoms with E-state index in [0.29, 0.717) is 11.0 Å². The number of aromatic nitrogens is 2. The molecule has 0 aliphatic carbocycles. The van der Waals surface area contributed by atoms with E-state index in [1.165, 1.54) is 0 Å². The molecule has 2 heterocycles. The minimum absolute atomic E-state index is 0.374. The Morgan fingerprint density at radius 2 is 2.27 bits per heavy atom. The Balaban J connectivity index is 2.60. The second-order valence-electron chi connectivity index (χ2n) is 3.52. The third-order valence-electron chi connectivity index (χ3n) is 2.51. The number of nitrogens with zero attached hydrogens (tertiary/aromatic N) is 1. The molecule has 0 amide bonds. The summed E-state index contributed by atoms with van der Waals surface area (Å²) in [4.78, 5) is 15.6. The Hall–Kier alpha value is -2.10. The van der Waals surface area contributed by atoms with E-state index in [1.807, 2.05) is 25.1 Å². The van der Waals surface area contributed by atoms with Crippen LogP contribution in [0.5, 0.6) is 0 Å². The molecule has 1 N–H and O–H groups in total. The molecule has 3 rings (SSSR count). The molecule has 0 unspecified atom stereocenters.